The molecule has 0 amide bonds. The van der Waals surface area contributed by atoms with Crippen molar-refractivity contribution in [3.05, 3.63) is 29.3 Å². The first-order chi connectivity index (χ1) is 7.09. The van der Waals surface area contributed by atoms with E-state index in [2.05, 4.69) is 4.52 Å². The number of hydrogen-bond donors (Lipinski definition) is 0. The van der Waals surface area contributed by atoms with E-state index < -0.39 is 7.82 Å². The quantitative estimate of drug-likeness (QED) is 0.736. The van der Waals surface area contributed by atoms with Crippen LogP contribution in [0.2, 0.25) is 0 Å². The second-order valence-corrected chi connectivity index (χ2v) is 5.87. The molecule has 0 heterocycles. The zero-order valence-corrected chi connectivity index (χ0v) is 10.7. The first kappa shape index (κ1) is 13.2. The summed E-state index contributed by atoms with van der Waals surface area (Å²) in [6, 6.07) is 5.05. The molecule has 1 aromatic carbocycles. The molecule has 0 radical (unpaired) electrons. The highest BCUT2D eigenvalue weighted by atomic mass is 31.2. The Balaban J connectivity index is 3.24. The molecule has 90 valence electrons. The SMILES string of the molecule is Cc1ccc(OP(=O)([O-])[O-])c(C(C)(C)C)c1. The van der Waals surface area contributed by atoms with Crippen molar-refractivity contribution in [2.45, 2.75) is 33.1 Å². The normalized spacial score (nSPS) is 12.6. The van der Waals surface area contributed by atoms with Crippen molar-refractivity contribution in [3.63, 3.8) is 0 Å². The Hall–Kier alpha value is -0.830. The molecule has 0 atom stereocenters. The fraction of sp³-hybridized carbons (Fsp3) is 0.455. The van der Waals surface area contributed by atoms with Gasteiger partial charge in [-0.15, -0.1) is 0 Å². The molecular weight excluding hydrogens is 227 g/mol. The van der Waals surface area contributed by atoms with Crippen LogP contribution >= 0.6 is 7.82 Å². The Morgan fingerprint density at radius 2 is 1.81 bits per heavy atom. The Kier molecular flexibility index (Phi) is 3.48. The van der Waals surface area contributed by atoms with Gasteiger partial charge in [-0.3, -0.25) is 0 Å². The van der Waals surface area contributed by atoms with Gasteiger partial charge in [0.1, 0.15) is 13.6 Å². The number of benzene rings is 1. The van der Waals surface area contributed by atoms with Gasteiger partial charge >= 0.3 is 0 Å². The molecule has 0 saturated heterocycles. The Bertz CT molecular complexity index is 428. The lowest BCUT2D eigenvalue weighted by atomic mass is 9.85. The molecule has 0 unspecified atom stereocenters. The van der Waals surface area contributed by atoms with E-state index >= 15 is 0 Å². The number of phosphoric ester groups is 1. The monoisotopic (exact) mass is 242 g/mol. The first-order valence-electron chi connectivity index (χ1n) is 4.92. The van der Waals surface area contributed by atoms with E-state index in [0.717, 1.165) is 5.56 Å². The van der Waals surface area contributed by atoms with Gasteiger partial charge in [0.05, 0.1) is 0 Å². The summed E-state index contributed by atoms with van der Waals surface area (Å²) in [5, 5.41) is 0. The largest absolute Gasteiger partial charge is 0.780 e. The zero-order chi connectivity index (χ0) is 12.6. The number of aryl methyl sites for hydroxylation is 1. The van der Waals surface area contributed by atoms with Gasteiger partial charge in [-0.1, -0.05) is 38.5 Å². The number of hydrogen-bond acceptors (Lipinski definition) is 4. The molecule has 0 bridgehead atoms. The zero-order valence-electron chi connectivity index (χ0n) is 9.81. The summed E-state index contributed by atoms with van der Waals surface area (Å²) in [6.45, 7) is 7.67. The van der Waals surface area contributed by atoms with Crippen molar-refractivity contribution in [3.8, 4) is 5.75 Å². The molecule has 0 aromatic heterocycles. The molecule has 0 saturated carbocycles. The van der Waals surface area contributed by atoms with Gasteiger partial charge < -0.3 is 18.9 Å². The van der Waals surface area contributed by atoms with Gasteiger partial charge in [-0.25, -0.2) is 0 Å². The van der Waals surface area contributed by atoms with Crippen LogP contribution < -0.4 is 14.3 Å². The minimum absolute atomic E-state index is 0.117. The Labute approximate surface area is 95.5 Å². The third kappa shape index (κ3) is 3.63. The fourth-order valence-corrected chi connectivity index (χ4v) is 1.83. The van der Waals surface area contributed by atoms with E-state index in [0.29, 0.717) is 5.56 Å². The highest BCUT2D eigenvalue weighted by molar-refractivity contribution is 7.43. The third-order valence-electron chi connectivity index (χ3n) is 2.15. The van der Waals surface area contributed by atoms with Crippen LogP contribution in [0, 0.1) is 6.92 Å². The predicted molar refractivity (Wildman–Crippen MR) is 58.1 cm³/mol. The molecule has 1 rings (SSSR count). The van der Waals surface area contributed by atoms with Gasteiger partial charge in [-0.2, -0.15) is 0 Å². The third-order valence-corrected chi connectivity index (χ3v) is 2.57. The van der Waals surface area contributed by atoms with Gasteiger partial charge in [-0.05, 0) is 18.4 Å². The smallest absolute Gasteiger partial charge is 0.128 e. The summed E-state index contributed by atoms with van der Waals surface area (Å²) in [4.78, 5) is 21.2. The lowest BCUT2D eigenvalue weighted by Gasteiger charge is -2.32. The van der Waals surface area contributed by atoms with Crippen molar-refractivity contribution in [1.82, 2.24) is 0 Å². The molecule has 0 aliphatic carbocycles. The van der Waals surface area contributed by atoms with Gasteiger partial charge in [0.15, 0.2) is 0 Å². The van der Waals surface area contributed by atoms with E-state index in [-0.39, 0.29) is 11.2 Å². The topological polar surface area (TPSA) is 72.4 Å². The maximum absolute atomic E-state index is 10.6. The summed E-state index contributed by atoms with van der Waals surface area (Å²) in [5.41, 5.74) is 1.42. The van der Waals surface area contributed by atoms with Crippen LogP contribution in [-0.4, -0.2) is 0 Å². The Morgan fingerprint density at radius 3 is 2.25 bits per heavy atom. The minimum atomic E-state index is -5.00. The maximum Gasteiger partial charge on any atom is 0.128 e. The van der Waals surface area contributed by atoms with Crippen molar-refractivity contribution in [2.24, 2.45) is 0 Å². The lowest BCUT2D eigenvalue weighted by Crippen LogP contribution is -2.21. The summed E-state index contributed by atoms with van der Waals surface area (Å²) in [7, 11) is -5.00. The average molecular weight is 242 g/mol. The maximum atomic E-state index is 10.6. The van der Waals surface area contributed by atoms with Crippen molar-refractivity contribution >= 4 is 7.82 Å². The summed E-state index contributed by atoms with van der Waals surface area (Å²) in [6.07, 6.45) is 0. The van der Waals surface area contributed by atoms with E-state index in [1.165, 1.54) is 6.07 Å². The van der Waals surface area contributed by atoms with Gasteiger partial charge in [0.2, 0.25) is 0 Å². The molecular formula is C11H15O4P-2. The van der Waals surface area contributed by atoms with Gasteiger partial charge in [0, 0.05) is 5.56 Å². The molecule has 0 spiro atoms. The second kappa shape index (κ2) is 4.21. The molecule has 0 aliphatic heterocycles. The fourth-order valence-electron chi connectivity index (χ4n) is 1.43. The predicted octanol–water partition coefficient (Wildman–Crippen LogP) is 1.50. The van der Waals surface area contributed by atoms with Crippen LogP contribution in [0.4, 0.5) is 0 Å². The molecule has 0 aliphatic rings. The van der Waals surface area contributed by atoms with Crippen LogP contribution in [0.25, 0.3) is 0 Å². The van der Waals surface area contributed by atoms with Crippen molar-refractivity contribution < 1.29 is 18.9 Å². The van der Waals surface area contributed by atoms with Crippen LogP contribution in [0.15, 0.2) is 18.2 Å². The lowest BCUT2D eigenvalue weighted by molar-refractivity contribution is -0.333. The summed E-state index contributed by atoms with van der Waals surface area (Å²) >= 11 is 0. The summed E-state index contributed by atoms with van der Waals surface area (Å²) < 4.78 is 15.1. The number of phosphoric acid groups is 1. The van der Waals surface area contributed by atoms with Crippen molar-refractivity contribution in [2.75, 3.05) is 0 Å². The molecule has 16 heavy (non-hydrogen) atoms. The molecule has 4 nitrogen and oxygen atoms in total. The highest BCUT2D eigenvalue weighted by Crippen LogP contribution is 2.38. The Morgan fingerprint density at radius 1 is 1.25 bits per heavy atom. The van der Waals surface area contributed by atoms with Crippen LogP contribution in [0.1, 0.15) is 31.9 Å². The first-order valence-corrected chi connectivity index (χ1v) is 6.38. The molecule has 0 N–H and O–H groups in total. The minimum Gasteiger partial charge on any atom is -0.780 e. The van der Waals surface area contributed by atoms with E-state index in [1.807, 2.05) is 33.8 Å². The van der Waals surface area contributed by atoms with Crippen LogP contribution in [0.3, 0.4) is 0 Å². The second-order valence-electron chi connectivity index (χ2n) is 4.79. The average Bonchev–Trinajstić information content (AvgIpc) is 2.04. The van der Waals surface area contributed by atoms with E-state index in [4.69, 9.17) is 0 Å². The molecule has 1 aromatic rings. The van der Waals surface area contributed by atoms with Gasteiger partial charge in [0.25, 0.3) is 0 Å². The van der Waals surface area contributed by atoms with E-state index in [1.54, 1.807) is 6.07 Å². The van der Waals surface area contributed by atoms with Crippen LogP contribution in [0.5, 0.6) is 5.75 Å². The van der Waals surface area contributed by atoms with Crippen molar-refractivity contribution in [1.29, 1.82) is 0 Å². The number of rotatable bonds is 2. The molecule has 0 fully saturated rings. The standard InChI is InChI=1S/C11H17O4P/c1-8-5-6-10(15-16(12,13)14)9(7-8)11(2,3)4/h5-7H,1-4H3,(H2,12,13,14)/p-2. The van der Waals surface area contributed by atoms with E-state index in [9.17, 15) is 14.4 Å². The molecule has 5 heteroatoms. The highest BCUT2D eigenvalue weighted by Gasteiger charge is 2.19. The van der Waals surface area contributed by atoms with Crippen LogP contribution in [-0.2, 0) is 9.98 Å². The summed E-state index contributed by atoms with van der Waals surface area (Å²) in [5.74, 6) is 0.117.